The second kappa shape index (κ2) is 21.2. The Balaban J connectivity index is -0.000000295. The summed E-state index contributed by atoms with van der Waals surface area (Å²) >= 11 is 0. The molecule has 0 spiro atoms. The Bertz CT molecular complexity index is 205. The van der Waals surface area contributed by atoms with E-state index in [1.54, 1.807) is 0 Å². The average molecular weight is 306 g/mol. The van der Waals surface area contributed by atoms with Crippen molar-refractivity contribution in [2.45, 2.75) is 90.9 Å². The largest absolute Gasteiger partial charge is 0.481 e. The number of hydrogen-bond acceptors (Lipinski definition) is 2. The predicted molar refractivity (Wildman–Crippen MR) is 85.6 cm³/mol. The van der Waals surface area contributed by atoms with Crippen LogP contribution in [0.4, 0.5) is 0 Å². The molecule has 5 heteroatoms. The van der Waals surface area contributed by atoms with Crippen LogP contribution in [-0.2, 0) is 9.59 Å². The van der Waals surface area contributed by atoms with E-state index in [9.17, 15) is 9.59 Å². The highest BCUT2D eigenvalue weighted by molar-refractivity contribution is 5.66. The first-order valence-corrected chi connectivity index (χ1v) is 7.98. The summed E-state index contributed by atoms with van der Waals surface area (Å²) < 4.78 is 0. The van der Waals surface area contributed by atoms with Gasteiger partial charge in [0.05, 0.1) is 0 Å². The van der Waals surface area contributed by atoms with E-state index in [4.69, 9.17) is 10.2 Å². The molecule has 0 unspecified atom stereocenters. The molecule has 128 valence electrons. The average Bonchev–Trinajstić information content (AvgIpc) is 2.38. The van der Waals surface area contributed by atoms with Gasteiger partial charge in [0.25, 0.3) is 0 Å². The van der Waals surface area contributed by atoms with Gasteiger partial charge in [-0.1, -0.05) is 65.2 Å². The van der Waals surface area contributed by atoms with Crippen molar-refractivity contribution in [3.05, 3.63) is 0 Å². The summed E-state index contributed by atoms with van der Waals surface area (Å²) in [6.45, 7) is 4.30. The zero-order valence-electron chi connectivity index (χ0n) is 13.7. The molecule has 0 fully saturated rings. The minimum Gasteiger partial charge on any atom is -0.481 e. The molecule has 21 heavy (non-hydrogen) atoms. The third-order valence-corrected chi connectivity index (χ3v) is 2.99. The minimum atomic E-state index is -0.670. The lowest BCUT2D eigenvalue weighted by molar-refractivity contribution is -0.138. The molecule has 0 amide bonds. The van der Waals surface area contributed by atoms with Gasteiger partial charge in [0.15, 0.2) is 0 Å². The Hall–Kier alpha value is -1.10. The zero-order valence-corrected chi connectivity index (χ0v) is 13.7. The first-order valence-electron chi connectivity index (χ1n) is 7.98. The monoisotopic (exact) mass is 306 g/mol. The number of carbonyl (C=O) groups is 2. The highest BCUT2D eigenvalue weighted by atomic mass is 16.4. The molecule has 0 aliphatic rings. The van der Waals surface area contributed by atoms with E-state index in [1.165, 1.54) is 38.5 Å². The molecular formula is C16H34O5. The smallest absolute Gasteiger partial charge is 0.303 e. The molecule has 0 aromatic heterocycles. The van der Waals surface area contributed by atoms with E-state index in [0.29, 0.717) is 12.8 Å². The number of aliphatic carboxylic acids is 2. The Morgan fingerprint density at radius 2 is 0.905 bits per heavy atom. The van der Waals surface area contributed by atoms with E-state index in [2.05, 4.69) is 13.8 Å². The lowest BCUT2D eigenvalue weighted by atomic mass is 10.1. The Morgan fingerprint density at radius 1 is 0.619 bits per heavy atom. The van der Waals surface area contributed by atoms with Gasteiger partial charge in [0.2, 0.25) is 0 Å². The van der Waals surface area contributed by atoms with Crippen LogP contribution in [0.1, 0.15) is 90.9 Å². The number of carboxylic acids is 2. The zero-order chi connectivity index (χ0) is 15.6. The Labute approximate surface area is 129 Å². The van der Waals surface area contributed by atoms with Crippen LogP contribution < -0.4 is 0 Å². The maximum Gasteiger partial charge on any atom is 0.303 e. The summed E-state index contributed by atoms with van der Waals surface area (Å²) in [5.41, 5.74) is 0. The fourth-order valence-corrected chi connectivity index (χ4v) is 1.76. The van der Waals surface area contributed by atoms with E-state index in [-0.39, 0.29) is 5.48 Å². The maximum atomic E-state index is 10.0. The minimum absolute atomic E-state index is 0. The van der Waals surface area contributed by atoms with Crippen LogP contribution in [0.15, 0.2) is 0 Å². The number of rotatable bonds is 12. The number of unbranched alkanes of at least 4 members (excludes halogenated alkanes) is 8. The van der Waals surface area contributed by atoms with Crippen LogP contribution in [0.5, 0.6) is 0 Å². The first-order chi connectivity index (χ1) is 9.54. The van der Waals surface area contributed by atoms with Gasteiger partial charge in [-0.2, -0.15) is 0 Å². The van der Waals surface area contributed by atoms with Crippen molar-refractivity contribution in [2.75, 3.05) is 0 Å². The molecule has 0 radical (unpaired) electrons. The summed E-state index contributed by atoms with van der Waals surface area (Å²) in [5.74, 6) is -1.34. The van der Waals surface area contributed by atoms with Crippen LogP contribution in [-0.4, -0.2) is 27.6 Å². The van der Waals surface area contributed by atoms with Crippen molar-refractivity contribution >= 4 is 11.9 Å². The van der Waals surface area contributed by atoms with E-state index in [1.807, 2.05) is 0 Å². The van der Waals surface area contributed by atoms with Gasteiger partial charge < -0.3 is 15.7 Å². The van der Waals surface area contributed by atoms with Crippen molar-refractivity contribution in [3.8, 4) is 0 Å². The Kier molecular flexibility index (Phi) is 25.1. The lowest BCUT2D eigenvalue weighted by Gasteiger charge is -1.95. The summed E-state index contributed by atoms with van der Waals surface area (Å²) in [4.78, 5) is 20.1. The van der Waals surface area contributed by atoms with E-state index >= 15 is 0 Å². The quantitative estimate of drug-likeness (QED) is 0.530. The van der Waals surface area contributed by atoms with Crippen LogP contribution in [0, 0.1) is 0 Å². The molecule has 0 aliphatic heterocycles. The normalized spacial score (nSPS) is 9.24. The van der Waals surface area contributed by atoms with E-state index in [0.717, 1.165) is 25.7 Å². The molecule has 4 N–H and O–H groups in total. The highest BCUT2D eigenvalue weighted by Gasteiger charge is 1.95. The van der Waals surface area contributed by atoms with Crippen molar-refractivity contribution < 1.29 is 25.3 Å². The molecule has 0 rings (SSSR count). The Morgan fingerprint density at radius 3 is 1.14 bits per heavy atom. The molecule has 0 atom stereocenters. The van der Waals surface area contributed by atoms with Crippen molar-refractivity contribution in [1.82, 2.24) is 0 Å². The van der Waals surface area contributed by atoms with Crippen molar-refractivity contribution in [2.24, 2.45) is 0 Å². The topological polar surface area (TPSA) is 106 Å². The highest BCUT2D eigenvalue weighted by Crippen LogP contribution is 2.04. The second-order valence-electron chi connectivity index (χ2n) is 5.12. The van der Waals surface area contributed by atoms with Crippen LogP contribution >= 0.6 is 0 Å². The summed E-state index contributed by atoms with van der Waals surface area (Å²) in [6.07, 6.45) is 11.8. The summed E-state index contributed by atoms with van der Waals surface area (Å²) in [7, 11) is 0. The number of hydrogen-bond donors (Lipinski definition) is 2. The number of carboxylic acid groups (broad SMARTS) is 2. The molecule has 0 saturated heterocycles. The molecule has 0 aromatic rings. The van der Waals surface area contributed by atoms with Gasteiger partial charge in [0.1, 0.15) is 0 Å². The summed E-state index contributed by atoms with van der Waals surface area (Å²) in [6, 6.07) is 0. The van der Waals surface area contributed by atoms with Crippen LogP contribution in [0.2, 0.25) is 0 Å². The van der Waals surface area contributed by atoms with Crippen molar-refractivity contribution in [1.29, 1.82) is 0 Å². The molecule has 0 bridgehead atoms. The molecule has 5 nitrogen and oxygen atoms in total. The van der Waals surface area contributed by atoms with Gasteiger partial charge in [-0.15, -0.1) is 0 Å². The van der Waals surface area contributed by atoms with Crippen LogP contribution in [0.3, 0.4) is 0 Å². The predicted octanol–water partition coefficient (Wildman–Crippen LogP) is 4.04. The summed E-state index contributed by atoms with van der Waals surface area (Å²) in [5, 5.41) is 16.5. The van der Waals surface area contributed by atoms with Crippen LogP contribution in [0.25, 0.3) is 0 Å². The second-order valence-corrected chi connectivity index (χ2v) is 5.12. The molecule has 0 aromatic carbocycles. The van der Waals surface area contributed by atoms with Gasteiger partial charge >= 0.3 is 11.9 Å². The fourth-order valence-electron chi connectivity index (χ4n) is 1.76. The molecule has 0 saturated carbocycles. The third-order valence-electron chi connectivity index (χ3n) is 2.99. The van der Waals surface area contributed by atoms with Gasteiger partial charge in [-0.3, -0.25) is 9.59 Å². The van der Waals surface area contributed by atoms with Gasteiger partial charge in [0, 0.05) is 12.8 Å². The molecular weight excluding hydrogens is 272 g/mol. The standard InChI is InChI=1S/2C8H16O2.H2O/c2*1-2-3-4-5-6-7-8(9)10;/h2*2-7H2,1H3,(H,9,10);1H2. The lowest BCUT2D eigenvalue weighted by Crippen LogP contribution is -1.93. The van der Waals surface area contributed by atoms with E-state index < -0.39 is 11.9 Å². The van der Waals surface area contributed by atoms with Crippen molar-refractivity contribution in [3.63, 3.8) is 0 Å². The SMILES string of the molecule is CCCCCCCC(=O)O.CCCCCCCC(=O)O.O. The molecule has 0 aliphatic carbocycles. The van der Waals surface area contributed by atoms with Gasteiger partial charge in [-0.05, 0) is 12.8 Å². The van der Waals surface area contributed by atoms with Gasteiger partial charge in [-0.25, -0.2) is 0 Å². The first kappa shape index (κ1) is 24.9. The fraction of sp³-hybridized carbons (Fsp3) is 0.875. The third kappa shape index (κ3) is 32.4. The molecule has 0 heterocycles. The maximum absolute atomic E-state index is 10.0.